The molecule has 0 radical (unpaired) electrons. The monoisotopic (exact) mass is 430 g/mol. The second-order valence-corrected chi connectivity index (χ2v) is 8.01. The standard InChI is InChI=1S/C24H26N6O2/c1-14(2)24(32)28-18-9-7-16(8-10-18)21-19(17-6-5-11-30(12-17)15(3)31)20-22(25)26-13-27-23(20)29(21)4/h6-10,13H,1,5,11-12H2,2-4H3,(H,28,32)(H2,25,26,27). The summed E-state index contributed by atoms with van der Waals surface area (Å²) in [4.78, 5) is 34.5. The highest BCUT2D eigenvalue weighted by molar-refractivity contribution is 6.05. The number of aryl methyl sites for hydroxylation is 1. The van der Waals surface area contributed by atoms with Crippen molar-refractivity contribution < 1.29 is 9.59 Å². The summed E-state index contributed by atoms with van der Waals surface area (Å²) >= 11 is 0. The number of nitrogens with two attached hydrogens (primary N) is 1. The Morgan fingerprint density at radius 1 is 1.16 bits per heavy atom. The van der Waals surface area contributed by atoms with Gasteiger partial charge in [-0.05, 0) is 36.6 Å². The van der Waals surface area contributed by atoms with Crippen LogP contribution in [0.3, 0.4) is 0 Å². The molecule has 3 aromatic rings. The summed E-state index contributed by atoms with van der Waals surface area (Å²) in [6, 6.07) is 7.59. The normalized spacial score (nSPS) is 13.7. The van der Waals surface area contributed by atoms with Gasteiger partial charge in [0.1, 0.15) is 17.8 Å². The van der Waals surface area contributed by atoms with E-state index in [1.54, 1.807) is 13.8 Å². The van der Waals surface area contributed by atoms with Crippen molar-refractivity contribution in [1.29, 1.82) is 0 Å². The number of rotatable bonds is 4. The molecule has 1 aromatic carbocycles. The van der Waals surface area contributed by atoms with Crippen molar-refractivity contribution in [3.05, 3.63) is 54.4 Å². The van der Waals surface area contributed by atoms with Gasteiger partial charge in [0.15, 0.2) is 0 Å². The van der Waals surface area contributed by atoms with Crippen molar-refractivity contribution in [3.8, 4) is 11.3 Å². The minimum absolute atomic E-state index is 0.0409. The molecule has 8 nitrogen and oxygen atoms in total. The summed E-state index contributed by atoms with van der Waals surface area (Å²) in [5.74, 6) is 0.222. The molecular formula is C24H26N6O2. The SMILES string of the molecule is C=C(C)C(=O)Nc1ccc(-c2c(C3=CCCN(C(C)=O)C3)c3c(N)ncnc3n2C)cc1. The van der Waals surface area contributed by atoms with Crippen LogP contribution in [-0.4, -0.2) is 44.3 Å². The lowest BCUT2D eigenvalue weighted by Gasteiger charge is -2.27. The second-order valence-electron chi connectivity index (χ2n) is 8.01. The largest absolute Gasteiger partial charge is 0.383 e. The molecule has 3 N–H and O–H groups in total. The Morgan fingerprint density at radius 3 is 2.53 bits per heavy atom. The van der Waals surface area contributed by atoms with Gasteiger partial charge in [-0.2, -0.15) is 0 Å². The number of hydrogen-bond donors (Lipinski definition) is 2. The van der Waals surface area contributed by atoms with Crippen LogP contribution in [-0.2, 0) is 16.6 Å². The molecule has 8 heteroatoms. The average Bonchev–Trinajstić information content (AvgIpc) is 3.08. The number of fused-ring (bicyclic) bond motifs is 1. The molecule has 0 saturated carbocycles. The first-order valence-electron chi connectivity index (χ1n) is 10.4. The number of carbonyl (C=O) groups is 2. The Bertz CT molecular complexity index is 1270. The summed E-state index contributed by atoms with van der Waals surface area (Å²) in [5.41, 5.74) is 12.0. The lowest BCUT2D eigenvalue weighted by molar-refractivity contribution is -0.128. The number of nitrogens with zero attached hydrogens (tertiary/aromatic N) is 4. The van der Waals surface area contributed by atoms with E-state index >= 15 is 0 Å². The molecule has 32 heavy (non-hydrogen) atoms. The van der Waals surface area contributed by atoms with Gasteiger partial charge in [0.25, 0.3) is 5.91 Å². The van der Waals surface area contributed by atoms with Crippen LogP contribution in [0.2, 0.25) is 0 Å². The van der Waals surface area contributed by atoms with E-state index < -0.39 is 0 Å². The van der Waals surface area contributed by atoms with Gasteiger partial charge in [-0.1, -0.05) is 24.8 Å². The fourth-order valence-electron chi connectivity index (χ4n) is 4.07. The first kappa shape index (κ1) is 21.3. The lowest BCUT2D eigenvalue weighted by atomic mass is 9.95. The fraction of sp³-hybridized carbons (Fsp3) is 0.250. The van der Waals surface area contributed by atoms with E-state index in [0.29, 0.717) is 30.2 Å². The molecule has 0 spiro atoms. The number of hydrogen-bond acceptors (Lipinski definition) is 5. The quantitative estimate of drug-likeness (QED) is 0.617. The third-order valence-electron chi connectivity index (χ3n) is 5.72. The Morgan fingerprint density at radius 2 is 1.88 bits per heavy atom. The van der Waals surface area contributed by atoms with E-state index in [2.05, 4.69) is 27.9 Å². The molecule has 1 aliphatic heterocycles. The number of nitrogen functional groups attached to an aromatic ring is 1. The van der Waals surface area contributed by atoms with Crippen LogP contribution in [0.1, 0.15) is 25.8 Å². The maximum absolute atomic E-state index is 12.0. The molecule has 1 aliphatic rings. The van der Waals surface area contributed by atoms with Gasteiger partial charge >= 0.3 is 0 Å². The molecule has 0 unspecified atom stereocenters. The van der Waals surface area contributed by atoms with Crippen LogP contribution in [0.5, 0.6) is 0 Å². The van der Waals surface area contributed by atoms with Crippen LogP contribution in [0.25, 0.3) is 27.9 Å². The topological polar surface area (TPSA) is 106 Å². The number of benzene rings is 1. The summed E-state index contributed by atoms with van der Waals surface area (Å²) in [6.07, 6.45) is 4.38. The number of aromatic nitrogens is 3. The summed E-state index contributed by atoms with van der Waals surface area (Å²) in [7, 11) is 1.94. The van der Waals surface area contributed by atoms with Crippen molar-refractivity contribution in [1.82, 2.24) is 19.4 Å². The van der Waals surface area contributed by atoms with Gasteiger partial charge in [-0.25, -0.2) is 9.97 Å². The summed E-state index contributed by atoms with van der Waals surface area (Å²) in [5, 5.41) is 3.60. The van der Waals surface area contributed by atoms with E-state index in [0.717, 1.165) is 39.8 Å². The molecule has 164 valence electrons. The van der Waals surface area contributed by atoms with Crippen LogP contribution in [0, 0.1) is 0 Å². The van der Waals surface area contributed by atoms with Gasteiger partial charge in [0.05, 0.1) is 11.1 Å². The minimum atomic E-state index is -0.220. The van der Waals surface area contributed by atoms with E-state index in [-0.39, 0.29) is 11.8 Å². The highest BCUT2D eigenvalue weighted by atomic mass is 16.2. The van der Waals surface area contributed by atoms with Crippen molar-refractivity contribution in [2.45, 2.75) is 20.3 Å². The van der Waals surface area contributed by atoms with Crippen LogP contribution in [0.4, 0.5) is 11.5 Å². The molecule has 0 aliphatic carbocycles. The molecule has 0 atom stereocenters. The Kier molecular flexibility index (Phi) is 5.52. The molecule has 3 heterocycles. The maximum Gasteiger partial charge on any atom is 0.250 e. The van der Waals surface area contributed by atoms with Crippen LogP contribution >= 0.6 is 0 Å². The average molecular weight is 431 g/mol. The van der Waals surface area contributed by atoms with E-state index in [1.165, 1.54) is 6.33 Å². The molecule has 0 saturated heterocycles. The van der Waals surface area contributed by atoms with Crippen molar-refractivity contribution in [2.24, 2.45) is 7.05 Å². The fourth-order valence-corrected chi connectivity index (χ4v) is 4.07. The van der Waals surface area contributed by atoms with Crippen molar-refractivity contribution >= 4 is 39.9 Å². The van der Waals surface area contributed by atoms with Gasteiger partial charge in [-0.3, -0.25) is 9.59 Å². The molecule has 0 fully saturated rings. The molecule has 4 rings (SSSR count). The smallest absolute Gasteiger partial charge is 0.250 e. The zero-order chi connectivity index (χ0) is 23.0. The highest BCUT2D eigenvalue weighted by Crippen LogP contribution is 2.40. The van der Waals surface area contributed by atoms with E-state index in [9.17, 15) is 9.59 Å². The first-order chi connectivity index (χ1) is 15.3. The Balaban J connectivity index is 1.86. The molecule has 2 amide bonds. The van der Waals surface area contributed by atoms with Gasteiger partial charge in [0, 0.05) is 43.9 Å². The van der Waals surface area contributed by atoms with E-state index in [4.69, 9.17) is 5.73 Å². The third kappa shape index (κ3) is 3.75. The number of nitrogens with one attached hydrogen (secondary N) is 1. The third-order valence-corrected chi connectivity index (χ3v) is 5.72. The number of carbonyl (C=O) groups excluding carboxylic acids is 2. The molecule has 0 bridgehead atoms. The molecular weight excluding hydrogens is 404 g/mol. The molecule has 2 aromatic heterocycles. The maximum atomic E-state index is 12.0. The highest BCUT2D eigenvalue weighted by Gasteiger charge is 2.26. The predicted molar refractivity (Wildman–Crippen MR) is 127 cm³/mol. The lowest BCUT2D eigenvalue weighted by Crippen LogP contribution is -2.33. The predicted octanol–water partition coefficient (Wildman–Crippen LogP) is 3.37. The van der Waals surface area contributed by atoms with E-state index in [1.807, 2.05) is 40.8 Å². The first-order valence-corrected chi connectivity index (χ1v) is 10.4. The zero-order valence-corrected chi connectivity index (χ0v) is 18.5. The summed E-state index contributed by atoms with van der Waals surface area (Å²) in [6.45, 7) is 8.12. The Hall–Kier alpha value is -3.94. The van der Waals surface area contributed by atoms with Gasteiger partial charge in [0.2, 0.25) is 5.91 Å². The van der Waals surface area contributed by atoms with Crippen LogP contribution in [0.15, 0.2) is 48.8 Å². The van der Waals surface area contributed by atoms with Crippen LogP contribution < -0.4 is 11.1 Å². The van der Waals surface area contributed by atoms with Gasteiger partial charge < -0.3 is 20.5 Å². The second kappa shape index (κ2) is 8.30. The van der Waals surface area contributed by atoms with Crippen molar-refractivity contribution in [2.75, 3.05) is 24.1 Å². The van der Waals surface area contributed by atoms with Gasteiger partial charge in [-0.15, -0.1) is 0 Å². The summed E-state index contributed by atoms with van der Waals surface area (Å²) < 4.78 is 2.00. The number of anilines is 2. The zero-order valence-electron chi connectivity index (χ0n) is 18.5. The van der Waals surface area contributed by atoms with Crippen molar-refractivity contribution in [3.63, 3.8) is 0 Å². The minimum Gasteiger partial charge on any atom is -0.383 e. The number of amides is 2. The Labute approximate surface area is 186 Å².